The molecule has 2 aliphatic heterocycles. The van der Waals surface area contributed by atoms with Gasteiger partial charge in [0.15, 0.2) is 0 Å². The molecule has 2 aliphatic rings. The molecule has 0 radical (unpaired) electrons. The lowest BCUT2D eigenvalue weighted by Gasteiger charge is -2.31. The summed E-state index contributed by atoms with van der Waals surface area (Å²) in [4.78, 5) is 36.1. The van der Waals surface area contributed by atoms with Gasteiger partial charge in [0.2, 0.25) is 11.8 Å². The van der Waals surface area contributed by atoms with Crippen molar-refractivity contribution in [3.8, 4) is 10.4 Å². The van der Waals surface area contributed by atoms with Gasteiger partial charge in [0.1, 0.15) is 6.04 Å². The van der Waals surface area contributed by atoms with Gasteiger partial charge in [-0.3, -0.25) is 9.59 Å². The summed E-state index contributed by atoms with van der Waals surface area (Å²) in [6, 6.07) is 6.32. The van der Waals surface area contributed by atoms with E-state index in [0.29, 0.717) is 19.0 Å². The maximum absolute atomic E-state index is 13.2. The number of aromatic nitrogens is 1. The number of nitrogens with zero attached hydrogens (tertiary/aromatic N) is 3. The number of piperidine rings is 1. The summed E-state index contributed by atoms with van der Waals surface area (Å²) in [5.41, 5.74) is 6.71. The molecule has 2 fully saturated rings. The Bertz CT molecular complexity index is 1040. The van der Waals surface area contributed by atoms with Crippen molar-refractivity contribution in [3.63, 3.8) is 0 Å². The van der Waals surface area contributed by atoms with Crippen LogP contribution in [0.4, 0.5) is 0 Å². The summed E-state index contributed by atoms with van der Waals surface area (Å²) in [5, 5.41) is 3.19. The molecule has 0 aliphatic carbocycles. The SMILES string of the molecule is Cc1ncsc1-c1ccc(CNC(=O)C2CCCN2C(=O)C(C)C(C)C)c(C2CCN(C)CC2)c1. The lowest BCUT2D eigenvalue weighted by molar-refractivity contribution is -0.142. The summed E-state index contributed by atoms with van der Waals surface area (Å²) in [5.74, 6) is 0.770. The first kappa shape index (κ1) is 25.8. The first-order valence-electron chi connectivity index (χ1n) is 13.1. The number of thiazole rings is 1. The van der Waals surface area contributed by atoms with Crippen LogP contribution >= 0.6 is 11.3 Å². The molecule has 6 nitrogen and oxygen atoms in total. The van der Waals surface area contributed by atoms with Crippen molar-refractivity contribution < 1.29 is 9.59 Å². The Hall–Kier alpha value is -2.25. The highest BCUT2D eigenvalue weighted by atomic mass is 32.1. The summed E-state index contributed by atoms with van der Waals surface area (Å²) in [6.45, 7) is 11.5. The maximum Gasteiger partial charge on any atom is 0.243 e. The Morgan fingerprint density at radius 3 is 2.54 bits per heavy atom. The average molecular weight is 497 g/mol. The van der Waals surface area contributed by atoms with E-state index >= 15 is 0 Å². The summed E-state index contributed by atoms with van der Waals surface area (Å²) < 4.78 is 0. The van der Waals surface area contributed by atoms with E-state index in [-0.39, 0.29) is 29.7 Å². The van der Waals surface area contributed by atoms with Crippen LogP contribution in [0.5, 0.6) is 0 Å². The summed E-state index contributed by atoms with van der Waals surface area (Å²) >= 11 is 1.68. The monoisotopic (exact) mass is 496 g/mol. The molecule has 4 rings (SSSR count). The van der Waals surface area contributed by atoms with Crippen molar-refractivity contribution in [2.75, 3.05) is 26.7 Å². The molecule has 0 saturated carbocycles. The minimum Gasteiger partial charge on any atom is -0.350 e. The fourth-order valence-corrected chi connectivity index (χ4v) is 6.13. The third-order valence-electron chi connectivity index (χ3n) is 7.99. The topological polar surface area (TPSA) is 65.5 Å². The second-order valence-electron chi connectivity index (χ2n) is 10.7. The molecule has 2 atom stereocenters. The Kier molecular flexibility index (Phi) is 8.27. The van der Waals surface area contributed by atoms with Gasteiger partial charge in [-0.15, -0.1) is 11.3 Å². The third kappa shape index (κ3) is 5.78. The number of hydrogen-bond donors (Lipinski definition) is 1. The average Bonchev–Trinajstić information content (AvgIpc) is 3.51. The van der Waals surface area contributed by atoms with Crippen LogP contribution in [0, 0.1) is 18.8 Å². The van der Waals surface area contributed by atoms with E-state index in [2.05, 4.69) is 61.2 Å². The van der Waals surface area contributed by atoms with Crippen LogP contribution < -0.4 is 5.32 Å². The molecule has 35 heavy (non-hydrogen) atoms. The van der Waals surface area contributed by atoms with Gasteiger partial charge in [0.05, 0.1) is 16.1 Å². The van der Waals surface area contributed by atoms with E-state index in [1.54, 1.807) is 11.3 Å². The highest BCUT2D eigenvalue weighted by Crippen LogP contribution is 2.35. The predicted octanol–water partition coefficient (Wildman–Crippen LogP) is 4.83. The standard InChI is InChI=1S/C28H40N4O2S/c1-18(2)19(3)28(34)32-12-6-7-25(32)27(33)29-16-23-9-8-22(26-20(4)30-17-35-26)15-24(23)21-10-13-31(5)14-11-21/h8-9,15,17-19,21,25H,6-7,10-14,16H2,1-5H3,(H,29,33). The largest absolute Gasteiger partial charge is 0.350 e. The zero-order valence-electron chi connectivity index (χ0n) is 21.8. The van der Waals surface area contributed by atoms with Crippen LogP contribution in [0.1, 0.15) is 69.2 Å². The molecule has 190 valence electrons. The molecule has 2 unspecified atom stereocenters. The van der Waals surface area contributed by atoms with Crippen LogP contribution in [0.3, 0.4) is 0 Å². The lowest BCUT2D eigenvalue weighted by Crippen LogP contribution is -2.48. The van der Waals surface area contributed by atoms with E-state index < -0.39 is 0 Å². The second-order valence-corrected chi connectivity index (χ2v) is 11.6. The molecule has 1 N–H and O–H groups in total. The van der Waals surface area contributed by atoms with Crippen molar-refractivity contribution in [2.45, 2.75) is 71.9 Å². The molecular weight excluding hydrogens is 456 g/mol. The molecule has 1 aromatic carbocycles. The van der Waals surface area contributed by atoms with Crippen molar-refractivity contribution in [1.29, 1.82) is 0 Å². The van der Waals surface area contributed by atoms with Gasteiger partial charge in [-0.1, -0.05) is 32.9 Å². The zero-order valence-corrected chi connectivity index (χ0v) is 22.7. The molecule has 3 heterocycles. The first-order valence-corrected chi connectivity index (χ1v) is 13.9. The van der Waals surface area contributed by atoms with E-state index in [1.165, 1.54) is 21.6 Å². The van der Waals surface area contributed by atoms with Crippen molar-refractivity contribution in [2.24, 2.45) is 11.8 Å². The number of nitrogens with one attached hydrogen (secondary N) is 1. The van der Waals surface area contributed by atoms with Crippen LogP contribution in [-0.4, -0.2) is 59.3 Å². The zero-order chi connectivity index (χ0) is 25.1. The first-order chi connectivity index (χ1) is 16.8. The van der Waals surface area contributed by atoms with E-state index in [1.807, 2.05) is 17.3 Å². The van der Waals surface area contributed by atoms with Gasteiger partial charge in [-0.2, -0.15) is 0 Å². The molecule has 0 bridgehead atoms. The molecule has 7 heteroatoms. The van der Waals surface area contributed by atoms with E-state index in [4.69, 9.17) is 0 Å². The van der Waals surface area contributed by atoms with Crippen molar-refractivity contribution in [1.82, 2.24) is 20.1 Å². The Morgan fingerprint density at radius 1 is 1.14 bits per heavy atom. The number of amides is 2. The lowest BCUT2D eigenvalue weighted by atomic mass is 9.85. The molecule has 1 aromatic heterocycles. The number of aryl methyl sites for hydroxylation is 1. The molecule has 0 spiro atoms. The summed E-state index contributed by atoms with van der Waals surface area (Å²) in [7, 11) is 2.18. The number of likely N-dealkylation sites (tertiary alicyclic amines) is 2. The quantitative estimate of drug-likeness (QED) is 0.596. The van der Waals surface area contributed by atoms with Gasteiger partial charge in [-0.05, 0) is 87.3 Å². The number of carbonyl (C=O) groups excluding carboxylic acids is 2. The fraction of sp³-hybridized carbons (Fsp3) is 0.607. The Labute approximate surface area is 214 Å². The van der Waals surface area contributed by atoms with Crippen LogP contribution in [0.2, 0.25) is 0 Å². The smallest absolute Gasteiger partial charge is 0.243 e. The van der Waals surface area contributed by atoms with E-state index in [9.17, 15) is 9.59 Å². The third-order valence-corrected chi connectivity index (χ3v) is 8.97. The normalized spacial score (nSPS) is 20.4. The number of hydrogen-bond acceptors (Lipinski definition) is 5. The summed E-state index contributed by atoms with van der Waals surface area (Å²) in [6.07, 6.45) is 3.88. The Balaban J connectivity index is 1.51. The molecule has 2 amide bonds. The Morgan fingerprint density at radius 2 is 1.89 bits per heavy atom. The number of carbonyl (C=O) groups is 2. The van der Waals surface area contributed by atoms with Gasteiger partial charge >= 0.3 is 0 Å². The molecule has 2 aromatic rings. The van der Waals surface area contributed by atoms with Crippen molar-refractivity contribution >= 4 is 23.2 Å². The van der Waals surface area contributed by atoms with Crippen LogP contribution in [0.25, 0.3) is 10.4 Å². The number of rotatable bonds is 7. The second kappa shape index (κ2) is 11.2. The van der Waals surface area contributed by atoms with Crippen molar-refractivity contribution in [3.05, 3.63) is 40.5 Å². The highest BCUT2D eigenvalue weighted by molar-refractivity contribution is 7.13. The van der Waals surface area contributed by atoms with Crippen LogP contribution in [0.15, 0.2) is 23.7 Å². The molecule has 2 saturated heterocycles. The minimum absolute atomic E-state index is 0.0245. The van der Waals surface area contributed by atoms with Gasteiger partial charge in [0, 0.05) is 19.0 Å². The number of benzene rings is 1. The van der Waals surface area contributed by atoms with Gasteiger partial charge in [-0.25, -0.2) is 4.98 Å². The predicted molar refractivity (Wildman–Crippen MR) is 142 cm³/mol. The van der Waals surface area contributed by atoms with Gasteiger partial charge < -0.3 is 15.1 Å². The highest BCUT2D eigenvalue weighted by Gasteiger charge is 2.36. The fourth-order valence-electron chi connectivity index (χ4n) is 5.33. The maximum atomic E-state index is 13.2. The van der Waals surface area contributed by atoms with E-state index in [0.717, 1.165) is 44.5 Å². The molecular formula is C28H40N4O2S. The van der Waals surface area contributed by atoms with Crippen LogP contribution in [-0.2, 0) is 16.1 Å². The van der Waals surface area contributed by atoms with Gasteiger partial charge in [0.25, 0.3) is 0 Å². The minimum atomic E-state index is -0.352.